The van der Waals surface area contributed by atoms with Gasteiger partial charge >= 0.3 is 5.69 Å². The Morgan fingerprint density at radius 3 is 2.39 bits per heavy atom. The van der Waals surface area contributed by atoms with Crippen LogP contribution < -0.4 is 16.6 Å². The van der Waals surface area contributed by atoms with E-state index in [0.29, 0.717) is 23.4 Å². The first-order valence-electron chi connectivity index (χ1n) is 8.81. The number of halogens is 2. The molecule has 1 unspecified atom stereocenters. The molecule has 2 aromatic carbocycles. The molecule has 1 amide bonds. The fourth-order valence-electron chi connectivity index (χ4n) is 3.03. The molecule has 0 saturated heterocycles. The van der Waals surface area contributed by atoms with E-state index in [1.165, 1.54) is 4.57 Å². The number of para-hydroxylation sites is 1. The summed E-state index contributed by atoms with van der Waals surface area (Å²) in [5.74, 6) is -2.31. The lowest BCUT2D eigenvalue weighted by Gasteiger charge is -2.17. The van der Waals surface area contributed by atoms with Gasteiger partial charge in [0.25, 0.3) is 5.56 Å². The zero-order valence-corrected chi connectivity index (χ0v) is 15.4. The fraction of sp³-hybridized carbons (Fsp3) is 0.250. The first-order chi connectivity index (χ1) is 13.3. The molecule has 0 fully saturated rings. The first kappa shape index (κ1) is 19.5. The highest BCUT2D eigenvalue weighted by Crippen LogP contribution is 2.14. The van der Waals surface area contributed by atoms with Gasteiger partial charge in [0.2, 0.25) is 5.91 Å². The van der Waals surface area contributed by atoms with Crippen LogP contribution in [0.25, 0.3) is 10.9 Å². The van der Waals surface area contributed by atoms with Gasteiger partial charge in [-0.15, -0.1) is 0 Å². The van der Waals surface area contributed by atoms with Gasteiger partial charge in [-0.05, 0) is 37.6 Å². The topological polar surface area (TPSA) is 73.1 Å². The molecule has 1 aromatic heterocycles. The van der Waals surface area contributed by atoms with Crippen LogP contribution in [0.2, 0.25) is 0 Å². The molecule has 3 rings (SSSR count). The number of hydrogen-bond donors (Lipinski definition) is 1. The summed E-state index contributed by atoms with van der Waals surface area (Å²) < 4.78 is 28.9. The van der Waals surface area contributed by atoms with Crippen molar-refractivity contribution in [1.82, 2.24) is 9.13 Å². The molecule has 0 bridgehead atoms. The number of carbonyl (C=O) groups is 1. The van der Waals surface area contributed by atoms with E-state index in [2.05, 4.69) is 5.32 Å². The minimum atomic E-state index is -0.830. The van der Waals surface area contributed by atoms with Crippen molar-refractivity contribution >= 4 is 22.5 Å². The lowest BCUT2D eigenvalue weighted by molar-refractivity contribution is -0.116. The van der Waals surface area contributed by atoms with Crippen molar-refractivity contribution in [2.75, 3.05) is 5.32 Å². The van der Waals surface area contributed by atoms with Crippen LogP contribution in [-0.2, 0) is 11.3 Å². The number of hydrogen-bond acceptors (Lipinski definition) is 3. The van der Waals surface area contributed by atoms with Crippen molar-refractivity contribution in [3.63, 3.8) is 0 Å². The summed E-state index contributed by atoms with van der Waals surface area (Å²) in [6.45, 7) is 3.19. The Hall–Kier alpha value is -3.29. The van der Waals surface area contributed by atoms with Crippen molar-refractivity contribution in [2.24, 2.45) is 0 Å². The maximum Gasteiger partial charge on any atom is 0.332 e. The van der Waals surface area contributed by atoms with E-state index < -0.39 is 35.3 Å². The fourth-order valence-corrected chi connectivity index (χ4v) is 3.03. The van der Waals surface area contributed by atoms with Gasteiger partial charge in [0.05, 0.1) is 10.9 Å². The maximum absolute atomic E-state index is 13.3. The molecule has 146 valence electrons. The van der Waals surface area contributed by atoms with E-state index in [9.17, 15) is 23.2 Å². The summed E-state index contributed by atoms with van der Waals surface area (Å²) in [4.78, 5) is 38.1. The number of aromatic nitrogens is 2. The summed E-state index contributed by atoms with van der Waals surface area (Å²) in [5.41, 5.74) is -0.773. The summed E-state index contributed by atoms with van der Waals surface area (Å²) in [6, 6.07) is 8.79. The summed E-state index contributed by atoms with van der Waals surface area (Å²) in [5, 5.41) is 2.69. The molecular weight excluding hydrogens is 368 g/mol. The zero-order valence-electron chi connectivity index (χ0n) is 15.4. The monoisotopic (exact) mass is 387 g/mol. The van der Waals surface area contributed by atoms with Crippen LogP contribution in [0.15, 0.2) is 52.1 Å². The quantitative estimate of drug-likeness (QED) is 0.731. The smallest absolute Gasteiger partial charge is 0.324 e. The molecule has 1 N–H and O–H groups in total. The Bertz CT molecular complexity index is 1150. The van der Waals surface area contributed by atoms with Gasteiger partial charge in [-0.25, -0.2) is 13.6 Å². The van der Waals surface area contributed by atoms with E-state index in [-0.39, 0.29) is 11.7 Å². The Morgan fingerprint density at radius 1 is 1.11 bits per heavy atom. The van der Waals surface area contributed by atoms with Crippen molar-refractivity contribution in [3.8, 4) is 0 Å². The molecule has 1 heterocycles. The van der Waals surface area contributed by atoms with E-state index in [4.69, 9.17) is 0 Å². The number of carbonyl (C=O) groups excluding carboxylic acids is 1. The van der Waals surface area contributed by atoms with Gasteiger partial charge in [-0.3, -0.25) is 18.7 Å². The van der Waals surface area contributed by atoms with Crippen molar-refractivity contribution in [1.29, 1.82) is 0 Å². The Morgan fingerprint density at radius 2 is 1.75 bits per heavy atom. The predicted molar refractivity (Wildman–Crippen MR) is 102 cm³/mol. The summed E-state index contributed by atoms with van der Waals surface area (Å²) in [6.07, 6.45) is 0.558. The molecule has 28 heavy (non-hydrogen) atoms. The van der Waals surface area contributed by atoms with Crippen LogP contribution in [0.4, 0.5) is 14.5 Å². The van der Waals surface area contributed by atoms with Crippen LogP contribution >= 0.6 is 0 Å². The lowest BCUT2D eigenvalue weighted by Crippen LogP contribution is -2.43. The summed E-state index contributed by atoms with van der Waals surface area (Å²) >= 11 is 0. The second kappa shape index (κ2) is 7.75. The number of rotatable bonds is 5. The average Bonchev–Trinajstić information content (AvgIpc) is 2.64. The lowest BCUT2D eigenvalue weighted by atomic mass is 10.2. The maximum atomic E-state index is 13.3. The largest absolute Gasteiger partial charge is 0.332 e. The number of benzene rings is 2. The van der Waals surface area contributed by atoms with E-state index in [0.717, 1.165) is 16.7 Å². The molecule has 0 radical (unpaired) electrons. The SMILES string of the molecule is CCC(C)n1c(=O)c2ccccc2n(CC(=O)Nc2cc(F)cc(F)c2)c1=O. The first-order valence-corrected chi connectivity index (χ1v) is 8.81. The minimum Gasteiger partial charge on any atom is -0.324 e. The second-order valence-electron chi connectivity index (χ2n) is 6.52. The van der Waals surface area contributed by atoms with Gasteiger partial charge in [-0.1, -0.05) is 19.1 Å². The van der Waals surface area contributed by atoms with Crippen molar-refractivity contribution in [2.45, 2.75) is 32.9 Å². The van der Waals surface area contributed by atoms with Gasteiger partial charge < -0.3 is 5.32 Å². The summed E-state index contributed by atoms with van der Waals surface area (Å²) in [7, 11) is 0. The van der Waals surface area contributed by atoms with Gasteiger partial charge in [-0.2, -0.15) is 0 Å². The third-order valence-electron chi connectivity index (χ3n) is 4.56. The van der Waals surface area contributed by atoms with Crippen molar-refractivity contribution in [3.05, 3.63) is 74.9 Å². The highest BCUT2D eigenvalue weighted by molar-refractivity contribution is 5.91. The van der Waals surface area contributed by atoms with E-state index >= 15 is 0 Å². The third-order valence-corrected chi connectivity index (χ3v) is 4.56. The number of nitrogens with one attached hydrogen (secondary N) is 1. The van der Waals surface area contributed by atoms with Gasteiger partial charge in [0.1, 0.15) is 18.2 Å². The van der Waals surface area contributed by atoms with Crippen LogP contribution in [0.1, 0.15) is 26.3 Å². The molecule has 0 aliphatic heterocycles. The van der Waals surface area contributed by atoms with Crippen LogP contribution in [0, 0.1) is 11.6 Å². The minimum absolute atomic E-state index is 0.0601. The standard InChI is InChI=1S/C20H19F2N3O3/c1-3-12(2)25-19(27)16-6-4-5-7-17(16)24(20(25)28)11-18(26)23-15-9-13(21)8-14(22)10-15/h4-10,12H,3,11H2,1-2H3,(H,23,26). The molecule has 0 aliphatic carbocycles. The molecule has 6 nitrogen and oxygen atoms in total. The van der Waals surface area contributed by atoms with Crippen LogP contribution in [-0.4, -0.2) is 15.0 Å². The van der Waals surface area contributed by atoms with Crippen LogP contribution in [0.5, 0.6) is 0 Å². The van der Waals surface area contributed by atoms with E-state index in [1.54, 1.807) is 31.2 Å². The highest BCUT2D eigenvalue weighted by Gasteiger charge is 2.18. The average molecular weight is 387 g/mol. The molecule has 1 atom stereocenters. The Balaban J connectivity index is 2.06. The van der Waals surface area contributed by atoms with Gasteiger partial charge in [0, 0.05) is 17.8 Å². The Labute approximate surface area is 159 Å². The molecule has 0 aliphatic rings. The molecular formula is C20H19F2N3O3. The molecule has 0 spiro atoms. The third kappa shape index (κ3) is 3.71. The molecule has 8 heteroatoms. The number of anilines is 1. The Kier molecular flexibility index (Phi) is 5.39. The predicted octanol–water partition coefficient (Wildman–Crippen LogP) is 3.05. The van der Waals surface area contributed by atoms with Gasteiger partial charge in [0.15, 0.2) is 0 Å². The second-order valence-corrected chi connectivity index (χ2v) is 6.52. The van der Waals surface area contributed by atoms with Crippen LogP contribution in [0.3, 0.4) is 0 Å². The normalized spacial score (nSPS) is 12.1. The highest BCUT2D eigenvalue weighted by atomic mass is 19.1. The number of amides is 1. The van der Waals surface area contributed by atoms with E-state index in [1.807, 2.05) is 6.92 Å². The zero-order chi connectivity index (χ0) is 20.4. The molecule has 0 saturated carbocycles. The number of nitrogens with zero attached hydrogens (tertiary/aromatic N) is 2. The number of fused-ring (bicyclic) bond motifs is 1. The molecule has 3 aromatic rings. The van der Waals surface area contributed by atoms with Crippen molar-refractivity contribution < 1.29 is 13.6 Å².